The van der Waals surface area contributed by atoms with E-state index in [0.29, 0.717) is 0 Å². The molecule has 2 N–H and O–H groups in total. The van der Waals surface area contributed by atoms with E-state index in [1.165, 1.54) is 5.56 Å². The average molecular weight is 285 g/mol. The molecule has 0 aliphatic carbocycles. The number of nitrogens with zero attached hydrogens (tertiary/aromatic N) is 2. The minimum Gasteiger partial charge on any atom is -0.383 e. The lowest BCUT2D eigenvalue weighted by Crippen LogP contribution is -2.24. The highest BCUT2D eigenvalue weighted by Gasteiger charge is 2.22. The van der Waals surface area contributed by atoms with E-state index in [1.807, 2.05) is 6.92 Å². The molecule has 0 aliphatic rings. The molecule has 0 radical (unpaired) electrons. The summed E-state index contributed by atoms with van der Waals surface area (Å²) in [6.45, 7) is 15.1. The molecule has 1 aromatic carbocycles. The molecular formula is C18H27N3. The molecule has 0 spiro atoms. The van der Waals surface area contributed by atoms with Gasteiger partial charge in [-0.15, -0.1) is 0 Å². The van der Waals surface area contributed by atoms with Gasteiger partial charge in [-0.05, 0) is 38.7 Å². The number of aryl methyl sites for hydroxylation is 1. The maximum atomic E-state index is 6.35. The summed E-state index contributed by atoms with van der Waals surface area (Å²) in [4.78, 5) is 4.68. The molecular weight excluding hydrogens is 258 g/mol. The minimum absolute atomic E-state index is 0.0647. The molecule has 0 saturated heterocycles. The Morgan fingerprint density at radius 2 is 1.48 bits per heavy atom. The molecule has 2 rings (SSSR count). The fourth-order valence-electron chi connectivity index (χ4n) is 2.74. The monoisotopic (exact) mass is 285 g/mol. The highest BCUT2D eigenvalue weighted by molar-refractivity contribution is 5.71. The van der Waals surface area contributed by atoms with Gasteiger partial charge in [-0.2, -0.15) is 0 Å². The molecule has 0 unspecified atom stereocenters. The van der Waals surface area contributed by atoms with Crippen LogP contribution in [0.4, 0.5) is 5.82 Å². The largest absolute Gasteiger partial charge is 0.383 e. The normalized spacial score (nSPS) is 12.7. The van der Waals surface area contributed by atoms with Crippen molar-refractivity contribution < 1.29 is 0 Å². The predicted octanol–water partition coefficient (Wildman–Crippen LogP) is 4.49. The third kappa shape index (κ3) is 2.97. The number of rotatable bonds is 1. The van der Waals surface area contributed by atoms with E-state index in [1.54, 1.807) is 0 Å². The Bertz CT molecular complexity index is 635. The fraction of sp³-hybridized carbons (Fsp3) is 0.500. The summed E-state index contributed by atoms with van der Waals surface area (Å²) in [6.07, 6.45) is 0. The molecule has 1 heterocycles. The van der Waals surface area contributed by atoms with E-state index < -0.39 is 0 Å². The van der Waals surface area contributed by atoms with Crippen LogP contribution in [0.3, 0.4) is 0 Å². The fourth-order valence-corrected chi connectivity index (χ4v) is 2.74. The van der Waals surface area contributed by atoms with Gasteiger partial charge < -0.3 is 10.3 Å². The first-order valence-corrected chi connectivity index (χ1v) is 7.48. The van der Waals surface area contributed by atoms with Crippen molar-refractivity contribution in [3.8, 4) is 11.3 Å². The zero-order valence-corrected chi connectivity index (χ0v) is 14.3. The van der Waals surface area contributed by atoms with Crippen molar-refractivity contribution >= 4 is 5.82 Å². The zero-order chi connectivity index (χ0) is 16.0. The maximum Gasteiger partial charge on any atom is 0.132 e. The van der Waals surface area contributed by atoms with Gasteiger partial charge in [-0.25, -0.2) is 4.98 Å². The van der Waals surface area contributed by atoms with Crippen molar-refractivity contribution in [3.63, 3.8) is 0 Å². The van der Waals surface area contributed by atoms with E-state index in [2.05, 4.69) is 75.4 Å². The smallest absolute Gasteiger partial charge is 0.132 e. The first-order chi connectivity index (χ1) is 9.51. The summed E-state index contributed by atoms with van der Waals surface area (Å²) < 4.78 is 2.10. The number of benzene rings is 1. The van der Waals surface area contributed by atoms with Gasteiger partial charge in [0.15, 0.2) is 0 Å². The van der Waals surface area contributed by atoms with Gasteiger partial charge in [0.05, 0.1) is 0 Å². The Morgan fingerprint density at radius 1 is 0.952 bits per heavy atom. The summed E-state index contributed by atoms with van der Waals surface area (Å²) in [5, 5.41) is 0. The third-order valence-electron chi connectivity index (χ3n) is 3.78. The SMILES string of the molecule is Cc1nc(-c2ccc(C(C)(C)C)cc2)c(N)n1C(C)(C)C. The van der Waals surface area contributed by atoms with Crippen molar-refractivity contribution in [3.05, 3.63) is 35.7 Å². The standard InChI is InChI=1S/C18H27N3/c1-12-20-15(16(19)21(12)18(5,6)7)13-8-10-14(11-9-13)17(2,3)4/h8-11H,19H2,1-7H3. The van der Waals surface area contributed by atoms with Crippen LogP contribution in [0.15, 0.2) is 24.3 Å². The van der Waals surface area contributed by atoms with Crippen molar-refractivity contribution in [1.29, 1.82) is 0 Å². The minimum atomic E-state index is -0.0647. The molecule has 0 fully saturated rings. The number of aromatic nitrogens is 2. The molecule has 114 valence electrons. The number of hydrogen-bond acceptors (Lipinski definition) is 2. The van der Waals surface area contributed by atoms with Gasteiger partial charge in [0.25, 0.3) is 0 Å². The summed E-state index contributed by atoms with van der Waals surface area (Å²) in [6, 6.07) is 8.57. The van der Waals surface area contributed by atoms with Crippen LogP contribution in [0.25, 0.3) is 11.3 Å². The number of imidazole rings is 1. The van der Waals surface area contributed by atoms with E-state index in [4.69, 9.17) is 5.73 Å². The van der Waals surface area contributed by atoms with Crippen LogP contribution >= 0.6 is 0 Å². The van der Waals surface area contributed by atoms with Crippen molar-refractivity contribution in [2.75, 3.05) is 5.73 Å². The molecule has 0 amide bonds. The van der Waals surface area contributed by atoms with Crippen LogP contribution in [0.1, 0.15) is 52.9 Å². The quantitative estimate of drug-likeness (QED) is 0.838. The summed E-state index contributed by atoms with van der Waals surface area (Å²) in [5.41, 5.74) is 9.71. The highest BCUT2D eigenvalue weighted by atomic mass is 15.2. The van der Waals surface area contributed by atoms with E-state index in [-0.39, 0.29) is 11.0 Å². The Balaban J connectivity index is 2.49. The van der Waals surface area contributed by atoms with Crippen LogP contribution in [-0.4, -0.2) is 9.55 Å². The lowest BCUT2D eigenvalue weighted by atomic mass is 9.86. The van der Waals surface area contributed by atoms with E-state index in [9.17, 15) is 0 Å². The van der Waals surface area contributed by atoms with Crippen LogP contribution < -0.4 is 5.73 Å². The van der Waals surface area contributed by atoms with Crippen LogP contribution in [0.5, 0.6) is 0 Å². The summed E-state index contributed by atoms with van der Waals surface area (Å²) >= 11 is 0. The predicted molar refractivity (Wildman–Crippen MR) is 90.5 cm³/mol. The third-order valence-corrected chi connectivity index (χ3v) is 3.78. The molecule has 21 heavy (non-hydrogen) atoms. The molecule has 0 atom stereocenters. The van der Waals surface area contributed by atoms with Crippen molar-refractivity contribution in [2.45, 2.75) is 59.4 Å². The molecule has 0 aliphatic heterocycles. The van der Waals surface area contributed by atoms with E-state index >= 15 is 0 Å². The van der Waals surface area contributed by atoms with Gasteiger partial charge in [-0.1, -0.05) is 45.0 Å². The first kappa shape index (κ1) is 15.6. The number of hydrogen-bond donors (Lipinski definition) is 1. The van der Waals surface area contributed by atoms with E-state index in [0.717, 1.165) is 22.9 Å². The molecule has 0 bridgehead atoms. The average Bonchev–Trinajstić information content (AvgIpc) is 2.63. The topological polar surface area (TPSA) is 43.8 Å². The molecule has 0 saturated carbocycles. The second kappa shape index (κ2) is 4.90. The molecule has 2 aromatic rings. The van der Waals surface area contributed by atoms with Crippen molar-refractivity contribution in [1.82, 2.24) is 9.55 Å². The second-order valence-electron chi connectivity index (χ2n) is 7.73. The maximum absolute atomic E-state index is 6.35. The molecule has 1 aromatic heterocycles. The number of nitrogen functional groups attached to an aromatic ring is 1. The summed E-state index contributed by atoms with van der Waals surface area (Å²) in [7, 11) is 0. The Morgan fingerprint density at radius 3 is 1.86 bits per heavy atom. The Labute approximate surface area is 128 Å². The Kier molecular flexibility index (Phi) is 3.64. The zero-order valence-electron chi connectivity index (χ0n) is 14.3. The second-order valence-corrected chi connectivity index (χ2v) is 7.73. The highest BCUT2D eigenvalue weighted by Crippen LogP contribution is 2.32. The van der Waals surface area contributed by atoms with Gasteiger partial charge >= 0.3 is 0 Å². The summed E-state index contributed by atoms with van der Waals surface area (Å²) in [5.74, 6) is 1.69. The lowest BCUT2D eigenvalue weighted by molar-refractivity contribution is 0.393. The Hall–Kier alpha value is -1.77. The molecule has 3 heteroatoms. The van der Waals surface area contributed by atoms with Gasteiger partial charge in [0, 0.05) is 11.1 Å². The number of anilines is 1. The van der Waals surface area contributed by atoms with Crippen LogP contribution in [0.2, 0.25) is 0 Å². The van der Waals surface area contributed by atoms with Gasteiger partial charge in [0.2, 0.25) is 0 Å². The van der Waals surface area contributed by atoms with Crippen LogP contribution in [0, 0.1) is 6.92 Å². The molecule has 3 nitrogen and oxygen atoms in total. The lowest BCUT2D eigenvalue weighted by Gasteiger charge is -2.24. The number of nitrogens with two attached hydrogens (primary N) is 1. The first-order valence-electron chi connectivity index (χ1n) is 7.48. The van der Waals surface area contributed by atoms with Gasteiger partial charge in [-0.3, -0.25) is 0 Å². The van der Waals surface area contributed by atoms with Crippen LogP contribution in [-0.2, 0) is 11.0 Å². The van der Waals surface area contributed by atoms with Gasteiger partial charge in [0.1, 0.15) is 17.3 Å². The van der Waals surface area contributed by atoms with Crippen molar-refractivity contribution in [2.24, 2.45) is 0 Å².